The second-order valence-corrected chi connectivity index (χ2v) is 6.38. The highest BCUT2D eigenvalue weighted by atomic mass is 16.5. The number of rotatable bonds is 7. The Kier molecular flexibility index (Phi) is 5.84. The fourth-order valence-electron chi connectivity index (χ4n) is 3.16. The third kappa shape index (κ3) is 4.39. The van der Waals surface area contributed by atoms with Crippen molar-refractivity contribution >= 4 is 11.8 Å². The average molecular weight is 353 g/mol. The van der Waals surface area contributed by atoms with Gasteiger partial charge in [-0.05, 0) is 29.7 Å². The van der Waals surface area contributed by atoms with E-state index in [-0.39, 0.29) is 24.2 Å². The second kappa shape index (κ2) is 8.47. The molecule has 1 unspecified atom stereocenters. The van der Waals surface area contributed by atoms with Crippen molar-refractivity contribution in [1.29, 1.82) is 0 Å². The molecule has 0 aliphatic carbocycles. The van der Waals surface area contributed by atoms with Crippen molar-refractivity contribution < 1.29 is 14.3 Å². The van der Waals surface area contributed by atoms with Gasteiger partial charge < -0.3 is 15.0 Å². The summed E-state index contributed by atoms with van der Waals surface area (Å²) in [6.07, 6.45) is 4.39. The zero-order valence-corrected chi connectivity index (χ0v) is 14.9. The van der Waals surface area contributed by atoms with Gasteiger partial charge in [0.2, 0.25) is 11.8 Å². The smallest absolute Gasteiger partial charge is 0.225 e. The van der Waals surface area contributed by atoms with E-state index in [0.717, 1.165) is 16.9 Å². The first-order valence-electron chi connectivity index (χ1n) is 8.73. The number of carbonyl (C=O) groups excluding carboxylic acids is 2. The zero-order chi connectivity index (χ0) is 18.4. The number of benzene rings is 1. The lowest BCUT2D eigenvalue weighted by Crippen LogP contribution is -2.33. The molecule has 2 aromatic rings. The van der Waals surface area contributed by atoms with Crippen molar-refractivity contribution in [2.75, 3.05) is 20.2 Å². The van der Waals surface area contributed by atoms with Crippen molar-refractivity contribution in [3.8, 4) is 5.75 Å². The number of para-hydroxylation sites is 1. The number of hydrogen-bond donors (Lipinski definition) is 1. The fourth-order valence-corrected chi connectivity index (χ4v) is 3.16. The maximum absolute atomic E-state index is 12.4. The summed E-state index contributed by atoms with van der Waals surface area (Å²) in [7, 11) is 1.64. The highest BCUT2D eigenvalue weighted by Crippen LogP contribution is 2.21. The number of aromatic nitrogens is 1. The fraction of sp³-hybridized carbons (Fsp3) is 0.350. The monoisotopic (exact) mass is 353 g/mol. The predicted molar refractivity (Wildman–Crippen MR) is 97.5 cm³/mol. The van der Waals surface area contributed by atoms with Gasteiger partial charge in [-0.15, -0.1) is 0 Å². The lowest BCUT2D eigenvalue weighted by Gasteiger charge is -2.17. The van der Waals surface area contributed by atoms with Gasteiger partial charge in [0.1, 0.15) is 5.75 Å². The molecule has 1 aliphatic rings. The van der Waals surface area contributed by atoms with E-state index in [4.69, 9.17) is 4.74 Å². The Morgan fingerprint density at radius 2 is 2.15 bits per heavy atom. The molecule has 26 heavy (non-hydrogen) atoms. The number of methoxy groups -OCH3 is 1. The van der Waals surface area contributed by atoms with Gasteiger partial charge >= 0.3 is 0 Å². The van der Waals surface area contributed by atoms with E-state index >= 15 is 0 Å². The van der Waals surface area contributed by atoms with Gasteiger partial charge in [0.15, 0.2) is 0 Å². The molecular weight excluding hydrogens is 330 g/mol. The van der Waals surface area contributed by atoms with Crippen LogP contribution in [0, 0.1) is 5.92 Å². The number of hydrogen-bond acceptors (Lipinski definition) is 4. The minimum atomic E-state index is -0.295. The first-order chi connectivity index (χ1) is 12.7. The van der Waals surface area contributed by atoms with E-state index in [1.54, 1.807) is 24.4 Å². The van der Waals surface area contributed by atoms with Crippen LogP contribution in [0.1, 0.15) is 17.5 Å². The van der Waals surface area contributed by atoms with Gasteiger partial charge in [0.05, 0.1) is 13.0 Å². The minimum Gasteiger partial charge on any atom is -0.496 e. The van der Waals surface area contributed by atoms with Crippen LogP contribution in [-0.2, 0) is 22.6 Å². The molecule has 1 aliphatic heterocycles. The molecule has 1 saturated heterocycles. The molecule has 1 aromatic heterocycles. The van der Waals surface area contributed by atoms with Crippen LogP contribution in [0.25, 0.3) is 0 Å². The summed E-state index contributed by atoms with van der Waals surface area (Å²) in [4.78, 5) is 30.4. The summed E-state index contributed by atoms with van der Waals surface area (Å²) in [6.45, 7) is 1.48. The van der Waals surface area contributed by atoms with E-state index in [0.29, 0.717) is 26.1 Å². The Morgan fingerprint density at radius 1 is 1.31 bits per heavy atom. The molecule has 3 rings (SSSR count). The maximum atomic E-state index is 12.4. The molecule has 0 spiro atoms. The number of likely N-dealkylation sites (tertiary alicyclic amines) is 1. The van der Waals surface area contributed by atoms with Gasteiger partial charge in [-0.2, -0.15) is 0 Å². The van der Waals surface area contributed by atoms with Crippen LogP contribution in [0.4, 0.5) is 0 Å². The normalized spacial score (nSPS) is 16.6. The third-order valence-corrected chi connectivity index (χ3v) is 4.62. The zero-order valence-electron chi connectivity index (χ0n) is 14.9. The number of pyridine rings is 1. The van der Waals surface area contributed by atoms with Gasteiger partial charge in [-0.1, -0.05) is 24.3 Å². The number of nitrogens with zero attached hydrogens (tertiary/aromatic N) is 2. The van der Waals surface area contributed by atoms with Crippen LogP contribution in [0.3, 0.4) is 0 Å². The Labute approximate surface area is 153 Å². The molecule has 0 saturated carbocycles. The SMILES string of the molecule is COc1ccccc1CCN1CC(C(=O)NCc2cccnc2)CC1=O. The van der Waals surface area contributed by atoms with Gasteiger partial charge in [-0.25, -0.2) is 0 Å². The van der Waals surface area contributed by atoms with Crippen molar-refractivity contribution in [2.24, 2.45) is 5.92 Å². The van der Waals surface area contributed by atoms with E-state index in [2.05, 4.69) is 10.3 Å². The van der Waals surface area contributed by atoms with Crippen LogP contribution in [0.5, 0.6) is 5.75 Å². The standard InChI is InChI=1S/C20H23N3O3/c1-26-18-7-3-2-6-16(18)8-10-23-14-17(11-19(23)24)20(25)22-13-15-5-4-9-21-12-15/h2-7,9,12,17H,8,10-11,13-14H2,1H3,(H,22,25). The van der Waals surface area contributed by atoms with Gasteiger partial charge in [-0.3, -0.25) is 14.6 Å². The van der Waals surface area contributed by atoms with Gasteiger partial charge in [0.25, 0.3) is 0 Å². The van der Waals surface area contributed by atoms with E-state index in [1.165, 1.54) is 0 Å². The van der Waals surface area contributed by atoms with Crippen molar-refractivity contribution in [2.45, 2.75) is 19.4 Å². The Balaban J connectivity index is 1.51. The molecule has 0 radical (unpaired) electrons. The minimum absolute atomic E-state index is 0.0291. The lowest BCUT2D eigenvalue weighted by atomic mass is 10.1. The Bertz CT molecular complexity index is 764. The van der Waals surface area contributed by atoms with Crippen molar-refractivity contribution in [3.63, 3.8) is 0 Å². The lowest BCUT2D eigenvalue weighted by molar-refractivity contribution is -0.129. The summed E-state index contributed by atoms with van der Waals surface area (Å²) < 4.78 is 5.35. The molecule has 1 N–H and O–H groups in total. The summed E-state index contributed by atoms with van der Waals surface area (Å²) in [5.74, 6) is 0.477. The molecule has 2 amide bonds. The van der Waals surface area contributed by atoms with E-state index in [1.807, 2.05) is 36.4 Å². The number of amides is 2. The second-order valence-electron chi connectivity index (χ2n) is 6.38. The van der Waals surface area contributed by atoms with Crippen LogP contribution in [-0.4, -0.2) is 41.9 Å². The summed E-state index contributed by atoms with van der Waals surface area (Å²) in [5.41, 5.74) is 2.01. The maximum Gasteiger partial charge on any atom is 0.225 e. The predicted octanol–water partition coefficient (Wildman–Crippen LogP) is 1.80. The molecule has 1 fully saturated rings. The third-order valence-electron chi connectivity index (χ3n) is 4.62. The molecule has 0 bridgehead atoms. The first-order valence-corrected chi connectivity index (χ1v) is 8.73. The van der Waals surface area contributed by atoms with Crippen LogP contribution >= 0.6 is 0 Å². The molecule has 1 atom stereocenters. The van der Waals surface area contributed by atoms with Crippen molar-refractivity contribution in [3.05, 3.63) is 59.9 Å². The van der Waals surface area contributed by atoms with Crippen LogP contribution in [0.15, 0.2) is 48.8 Å². The molecule has 6 nitrogen and oxygen atoms in total. The van der Waals surface area contributed by atoms with E-state index in [9.17, 15) is 9.59 Å². The summed E-state index contributed by atoms with van der Waals surface area (Å²) >= 11 is 0. The van der Waals surface area contributed by atoms with Crippen LogP contribution < -0.4 is 10.1 Å². The number of carbonyl (C=O) groups is 2. The Hall–Kier alpha value is -2.89. The quantitative estimate of drug-likeness (QED) is 0.824. The molecule has 1 aromatic carbocycles. The first kappa shape index (κ1) is 17.9. The number of nitrogens with one attached hydrogen (secondary N) is 1. The summed E-state index contributed by atoms with van der Waals surface area (Å²) in [5, 5.41) is 2.90. The molecule has 136 valence electrons. The van der Waals surface area contributed by atoms with Crippen LogP contribution in [0.2, 0.25) is 0 Å². The van der Waals surface area contributed by atoms with Crippen molar-refractivity contribution in [1.82, 2.24) is 15.2 Å². The Morgan fingerprint density at radius 3 is 2.92 bits per heavy atom. The topological polar surface area (TPSA) is 71.5 Å². The van der Waals surface area contributed by atoms with Gasteiger partial charge in [0, 0.05) is 38.4 Å². The molecule has 2 heterocycles. The number of ether oxygens (including phenoxy) is 1. The highest BCUT2D eigenvalue weighted by Gasteiger charge is 2.33. The largest absolute Gasteiger partial charge is 0.496 e. The van der Waals surface area contributed by atoms with E-state index < -0.39 is 0 Å². The summed E-state index contributed by atoms with van der Waals surface area (Å²) in [6, 6.07) is 11.5. The highest BCUT2D eigenvalue weighted by molar-refractivity contribution is 5.89. The average Bonchev–Trinajstić information content (AvgIpc) is 3.06. The molecular formula is C20H23N3O3. The molecule has 6 heteroatoms.